The third-order valence-corrected chi connectivity index (χ3v) is 6.49. The number of aromatic nitrogens is 3. The molecule has 5 nitrogen and oxygen atoms in total. The molecule has 0 amide bonds. The molecule has 166 valence electrons. The van der Waals surface area contributed by atoms with Crippen molar-refractivity contribution in [3.8, 4) is 0 Å². The van der Waals surface area contributed by atoms with Crippen molar-refractivity contribution < 1.29 is 0 Å². The number of nitrogens with zero attached hydrogens (tertiary/aromatic N) is 4. The average Bonchev–Trinajstić information content (AvgIpc) is 3.44. The van der Waals surface area contributed by atoms with Crippen LogP contribution in [-0.4, -0.2) is 19.6 Å². The molecule has 6 heteroatoms. The van der Waals surface area contributed by atoms with Crippen LogP contribution in [0.25, 0.3) is 0 Å². The summed E-state index contributed by atoms with van der Waals surface area (Å²) in [7, 11) is 0. The summed E-state index contributed by atoms with van der Waals surface area (Å²) in [6.07, 6.45) is 7.68. The molecule has 0 spiro atoms. The molecule has 3 aromatic heterocycles. The van der Waals surface area contributed by atoms with Crippen molar-refractivity contribution in [3.63, 3.8) is 0 Å². The lowest BCUT2D eigenvalue weighted by Crippen LogP contribution is -2.30. The van der Waals surface area contributed by atoms with Gasteiger partial charge in [-0.3, -0.25) is 9.97 Å². The van der Waals surface area contributed by atoms with Crippen molar-refractivity contribution in [2.24, 2.45) is 0 Å². The van der Waals surface area contributed by atoms with Crippen LogP contribution in [0.2, 0.25) is 0 Å². The lowest BCUT2D eigenvalue weighted by molar-refractivity contribution is 0.533. The van der Waals surface area contributed by atoms with Gasteiger partial charge in [0.15, 0.2) is 5.11 Å². The molecule has 1 N–H and O–H groups in total. The minimum Gasteiger partial charge on any atom is -0.351 e. The predicted octanol–water partition coefficient (Wildman–Crippen LogP) is 5.63. The monoisotopic (exact) mass is 453 g/mol. The fraction of sp³-hybridized carbons (Fsp3) is 0.222. The molecule has 1 aliphatic rings. The Hall–Kier alpha value is -3.51. The summed E-state index contributed by atoms with van der Waals surface area (Å²) < 4.78 is 2.28. The van der Waals surface area contributed by atoms with Crippen molar-refractivity contribution in [2.45, 2.75) is 38.4 Å². The molecule has 1 aromatic carbocycles. The van der Waals surface area contributed by atoms with Crippen molar-refractivity contribution in [2.75, 3.05) is 4.90 Å². The van der Waals surface area contributed by atoms with Crippen LogP contribution in [0, 0.1) is 0 Å². The minimum absolute atomic E-state index is 0.0380. The zero-order valence-corrected chi connectivity index (χ0v) is 19.6. The van der Waals surface area contributed by atoms with Crippen LogP contribution in [-0.2, 0) is 6.54 Å². The Morgan fingerprint density at radius 3 is 2.52 bits per heavy atom. The van der Waals surface area contributed by atoms with E-state index in [9.17, 15) is 0 Å². The van der Waals surface area contributed by atoms with E-state index in [-0.39, 0.29) is 12.1 Å². The number of pyridine rings is 2. The highest BCUT2D eigenvalue weighted by molar-refractivity contribution is 7.80. The van der Waals surface area contributed by atoms with Gasteiger partial charge in [0.1, 0.15) is 6.04 Å². The van der Waals surface area contributed by atoms with Gasteiger partial charge in [-0.05, 0) is 71.7 Å². The molecular formula is C27H27N5S. The van der Waals surface area contributed by atoms with Crippen molar-refractivity contribution in [3.05, 3.63) is 114 Å². The van der Waals surface area contributed by atoms with E-state index in [0.717, 1.165) is 23.5 Å². The SMILES string of the molecule is CC(C)c1ccc(N2C(=S)N[C@H](c3ccccn3)[C@H]2c2cccn2Cc2cccnc2)cc1. The first-order chi connectivity index (χ1) is 16.1. The Kier molecular flexibility index (Phi) is 5.92. The molecule has 1 fully saturated rings. The largest absolute Gasteiger partial charge is 0.351 e. The quantitative estimate of drug-likeness (QED) is 0.384. The van der Waals surface area contributed by atoms with Crippen LogP contribution in [0.1, 0.15) is 54.4 Å². The highest BCUT2D eigenvalue weighted by Crippen LogP contribution is 2.42. The van der Waals surface area contributed by atoms with E-state index in [2.05, 4.69) is 93.3 Å². The third-order valence-electron chi connectivity index (χ3n) is 6.18. The zero-order chi connectivity index (χ0) is 22.8. The maximum atomic E-state index is 5.88. The molecule has 0 aliphatic carbocycles. The van der Waals surface area contributed by atoms with Crippen LogP contribution in [0.5, 0.6) is 0 Å². The van der Waals surface area contributed by atoms with Gasteiger partial charge in [-0.25, -0.2) is 0 Å². The molecule has 0 radical (unpaired) electrons. The second-order valence-corrected chi connectivity index (χ2v) is 9.05. The molecule has 4 aromatic rings. The Labute approximate surface area is 200 Å². The van der Waals surface area contributed by atoms with Gasteiger partial charge in [0.25, 0.3) is 0 Å². The number of hydrogen-bond acceptors (Lipinski definition) is 3. The number of nitrogens with one attached hydrogen (secondary N) is 1. The molecular weight excluding hydrogens is 426 g/mol. The number of rotatable bonds is 6. The highest BCUT2D eigenvalue weighted by Gasteiger charge is 2.42. The first-order valence-corrected chi connectivity index (χ1v) is 11.7. The van der Waals surface area contributed by atoms with Gasteiger partial charge >= 0.3 is 0 Å². The van der Waals surface area contributed by atoms with Gasteiger partial charge in [0.2, 0.25) is 0 Å². The van der Waals surface area contributed by atoms with Crippen molar-refractivity contribution in [1.82, 2.24) is 19.9 Å². The van der Waals surface area contributed by atoms with E-state index in [1.54, 1.807) is 6.20 Å². The van der Waals surface area contributed by atoms with E-state index in [4.69, 9.17) is 12.2 Å². The Morgan fingerprint density at radius 2 is 1.82 bits per heavy atom. The summed E-state index contributed by atoms with van der Waals surface area (Å²) in [6.45, 7) is 5.17. The molecule has 0 saturated carbocycles. The standard InChI is InChI=1S/C27H27N5S/c1-19(2)21-10-12-22(13-11-21)32-26(25(30-27(32)33)23-8-3-4-15-29-23)24-9-6-16-31(24)18-20-7-5-14-28-17-20/h3-17,19,25-26H,18H2,1-2H3,(H,30,33)/t25-,26-/m1/s1. The summed E-state index contributed by atoms with van der Waals surface area (Å²) >= 11 is 5.88. The van der Waals surface area contributed by atoms with Crippen LogP contribution in [0.4, 0.5) is 5.69 Å². The van der Waals surface area contributed by atoms with Gasteiger partial charge in [-0.2, -0.15) is 0 Å². The second kappa shape index (κ2) is 9.16. The molecule has 2 atom stereocenters. The first kappa shape index (κ1) is 21.3. The summed E-state index contributed by atoms with van der Waals surface area (Å²) in [4.78, 5) is 11.2. The van der Waals surface area contributed by atoms with Crippen LogP contribution in [0.3, 0.4) is 0 Å². The average molecular weight is 454 g/mol. The summed E-state index contributed by atoms with van der Waals surface area (Å²) in [5.74, 6) is 0.483. The first-order valence-electron chi connectivity index (χ1n) is 11.3. The van der Waals surface area contributed by atoms with Gasteiger partial charge in [0.05, 0.1) is 11.7 Å². The molecule has 5 rings (SSSR count). The summed E-state index contributed by atoms with van der Waals surface area (Å²) in [6, 6.07) is 23.0. The summed E-state index contributed by atoms with van der Waals surface area (Å²) in [5, 5.41) is 4.27. The number of thiocarbonyl (C=S) groups is 1. The minimum atomic E-state index is -0.0639. The molecule has 33 heavy (non-hydrogen) atoms. The Morgan fingerprint density at radius 1 is 0.970 bits per heavy atom. The van der Waals surface area contributed by atoms with Gasteiger partial charge < -0.3 is 14.8 Å². The van der Waals surface area contributed by atoms with Gasteiger partial charge in [-0.15, -0.1) is 0 Å². The lowest BCUT2D eigenvalue weighted by atomic mass is 9.99. The zero-order valence-electron chi connectivity index (χ0n) is 18.8. The fourth-order valence-corrected chi connectivity index (χ4v) is 4.83. The molecule has 4 heterocycles. The lowest BCUT2D eigenvalue weighted by Gasteiger charge is -2.29. The van der Waals surface area contributed by atoms with E-state index in [1.807, 2.05) is 30.6 Å². The van der Waals surface area contributed by atoms with Gasteiger partial charge in [-0.1, -0.05) is 38.1 Å². The second-order valence-electron chi connectivity index (χ2n) is 8.67. The van der Waals surface area contributed by atoms with Crippen LogP contribution >= 0.6 is 12.2 Å². The normalized spacial score (nSPS) is 18.0. The predicted molar refractivity (Wildman–Crippen MR) is 136 cm³/mol. The van der Waals surface area contributed by atoms with E-state index >= 15 is 0 Å². The number of hydrogen-bond donors (Lipinski definition) is 1. The van der Waals surface area contributed by atoms with E-state index < -0.39 is 0 Å². The maximum absolute atomic E-state index is 5.88. The molecule has 1 saturated heterocycles. The molecule has 0 bridgehead atoms. The van der Waals surface area contributed by atoms with E-state index in [0.29, 0.717) is 11.0 Å². The highest BCUT2D eigenvalue weighted by atomic mass is 32.1. The Bertz CT molecular complexity index is 1220. The maximum Gasteiger partial charge on any atom is 0.174 e. The third kappa shape index (κ3) is 4.26. The number of benzene rings is 1. The molecule has 0 unspecified atom stereocenters. The van der Waals surface area contributed by atoms with Crippen molar-refractivity contribution >= 4 is 23.0 Å². The van der Waals surface area contributed by atoms with Gasteiger partial charge in [0, 0.05) is 42.7 Å². The summed E-state index contributed by atoms with van der Waals surface area (Å²) in [5.41, 5.74) is 5.70. The van der Waals surface area contributed by atoms with Crippen molar-refractivity contribution in [1.29, 1.82) is 0 Å². The van der Waals surface area contributed by atoms with Crippen LogP contribution in [0.15, 0.2) is 91.5 Å². The molecule has 1 aliphatic heterocycles. The van der Waals surface area contributed by atoms with Crippen LogP contribution < -0.4 is 10.2 Å². The smallest absolute Gasteiger partial charge is 0.174 e. The fourth-order valence-electron chi connectivity index (χ4n) is 4.48. The van der Waals surface area contributed by atoms with E-state index in [1.165, 1.54) is 11.3 Å². The topological polar surface area (TPSA) is 46.0 Å². The Balaban J connectivity index is 1.58. The number of anilines is 1.